The Bertz CT molecular complexity index is 407. The number of nitrogens with zero attached hydrogens (tertiary/aromatic N) is 1. The zero-order valence-corrected chi connectivity index (χ0v) is 12.7. The molecule has 1 aliphatic heterocycles. The third-order valence-corrected chi connectivity index (χ3v) is 5.75. The first kappa shape index (κ1) is 13.1. The zero-order chi connectivity index (χ0) is 12.5. The lowest BCUT2D eigenvalue weighted by Crippen LogP contribution is -2.41. The number of halogens is 1. The van der Waals surface area contributed by atoms with Crippen LogP contribution in [0.4, 0.5) is 0 Å². The van der Waals surface area contributed by atoms with Crippen molar-refractivity contribution < 1.29 is 4.79 Å². The van der Waals surface area contributed by atoms with Gasteiger partial charge in [0.1, 0.15) is 4.88 Å². The molecule has 2 rings (SSSR count). The van der Waals surface area contributed by atoms with Crippen LogP contribution in [0.3, 0.4) is 0 Å². The van der Waals surface area contributed by atoms with Crippen molar-refractivity contribution in [3.05, 3.63) is 20.8 Å². The fourth-order valence-corrected chi connectivity index (χ4v) is 3.70. The Kier molecular flexibility index (Phi) is 3.93. The van der Waals surface area contributed by atoms with Crippen LogP contribution in [0.25, 0.3) is 0 Å². The lowest BCUT2D eigenvalue weighted by molar-refractivity contribution is 0.0604. The average Bonchev–Trinajstić information content (AvgIpc) is 2.76. The number of amides is 1. The highest BCUT2D eigenvalue weighted by Gasteiger charge is 2.31. The quantitative estimate of drug-likeness (QED) is 0.802. The number of carbonyl (C=O) groups excluding carboxylic acids is 1. The molecule has 0 unspecified atom stereocenters. The lowest BCUT2D eigenvalue weighted by atomic mass is 9.78. The largest absolute Gasteiger partial charge is 0.338 e. The molecule has 0 bridgehead atoms. The van der Waals surface area contributed by atoms with Crippen LogP contribution in [0.2, 0.25) is 0 Å². The Labute approximate surface area is 115 Å². The molecule has 17 heavy (non-hydrogen) atoms. The Hall–Kier alpha value is -0.350. The standard InChI is InChI=1S/C13H18BrNOS/c1-3-13(2)5-7-15(8-6-13)12(16)11-10(14)4-9-17-11/h4,9H,3,5-8H2,1-2H3. The zero-order valence-electron chi connectivity index (χ0n) is 10.3. The van der Waals surface area contributed by atoms with Crippen molar-refractivity contribution in [3.8, 4) is 0 Å². The van der Waals surface area contributed by atoms with Gasteiger partial charge in [-0.15, -0.1) is 11.3 Å². The van der Waals surface area contributed by atoms with Crippen LogP contribution < -0.4 is 0 Å². The number of carbonyl (C=O) groups is 1. The van der Waals surface area contributed by atoms with E-state index in [0.29, 0.717) is 5.41 Å². The molecule has 0 aromatic carbocycles. The van der Waals surface area contributed by atoms with Crippen LogP contribution >= 0.6 is 27.3 Å². The summed E-state index contributed by atoms with van der Waals surface area (Å²) < 4.78 is 0.927. The molecule has 1 aromatic heterocycles. The number of rotatable bonds is 2. The van der Waals surface area contributed by atoms with Crippen molar-refractivity contribution in [3.63, 3.8) is 0 Å². The highest BCUT2D eigenvalue weighted by Crippen LogP contribution is 2.35. The van der Waals surface area contributed by atoms with Gasteiger partial charge in [-0.05, 0) is 45.6 Å². The molecule has 0 aliphatic carbocycles. The van der Waals surface area contributed by atoms with E-state index >= 15 is 0 Å². The molecule has 2 heterocycles. The highest BCUT2D eigenvalue weighted by molar-refractivity contribution is 9.10. The van der Waals surface area contributed by atoms with Gasteiger partial charge in [-0.25, -0.2) is 0 Å². The number of thiophene rings is 1. The predicted octanol–water partition coefficient (Wildman–Crippen LogP) is 4.16. The van der Waals surface area contributed by atoms with E-state index in [-0.39, 0.29) is 5.91 Å². The highest BCUT2D eigenvalue weighted by atomic mass is 79.9. The smallest absolute Gasteiger partial charge is 0.265 e. The Balaban J connectivity index is 2.02. The molecule has 0 atom stereocenters. The van der Waals surface area contributed by atoms with E-state index in [1.807, 2.05) is 16.3 Å². The van der Waals surface area contributed by atoms with Crippen LogP contribution in [0.5, 0.6) is 0 Å². The maximum Gasteiger partial charge on any atom is 0.265 e. The molecule has 94 valence electrons. The second kappa shape index (κ2) is 5.11. The first-order chi connectivity index (χ1) is 8.06. The summed E-state index contributed by atoms with van der Waals surface area (Å²) in [5.74, 6) is 0.185. The number of hydrogen-bond donors (Lipinski definition) is 0. The van der Waals surface area contributed by atoms with Crippen LogP contribution in [-0.2, 0) is 0 Å². The van der Waals surface area contributed by atoms with Gasteiger partial charge in [0.05, 0.1) is 0 Å². The molecule has 0 N–H and O–H groups in total. The lowest BCUT2D eigenvalue weighted by Gasteiger charge is -2.38. The van der Waals surface area contributed by atoms with Gasteiger partial charge in [0.2, 0.25) is 0 Å². The molecule has 1 amide bonds. The molecule has 1 saturated heterocycles. The van der Waals surface area contributed by atoms with Crippen molar-refractivity contribution in [2.24, 2.45) is 5.41 Å². The van der Waals surface area contributed by atoms with E-state index in [1.54, 1.807) is 0 Å². The van der Waals surface area contributed by atoms with Gasteiger partial charge in [-0.2, -0.15) is 0 Å². The first-order valence-electron chi connectivity index (χ1n) is 6.08. The second-order valence-electron chi connectivity index (χ2n) is 5.05. The van der Waals surface area contributed by atoms with Crippen molar-refractivity contribution in [2.45, 2.75) is 33.1 Å². The monoisotopic (exact) mass is 315 g/mol. The summed E-state index contributed by atoms with van der Waals surface area (Å²) >= 11 is 4.95. The maximum atomic E-state index is 12.3. The minimum atomic E-state index is 0.185. The van der Waals surface area contributed by atoms with Gasteiger partial charge in [-0.1, -0.05) is 20.3 Å². The third kappa shape index (κ3) is 2.74. The van der Waals surface area contributed by atoms with E-state index in [4.69, 9.17) is 0 Å². The molecule has 1 aliphatic rings. The van der Waals surface area contributed by atoms with Gasteiger partial charge in [-0.3, -0.25) is 4.79 Å². The van der Waals surface area contributed by atoms with E-state index < -0.39 is 0 Å². The summed E-state index contributed by atoms with van der Waals surface area (Å²) in [4.78, 5) is 15.1. The maximum absolute atomic E-state index is 12.3. The van der Waals surface area contributed by atoms with E-state index in [1.165, 1.54) is 17.8 Å². The van der Waals surface area contributed by atoms with Crippen LogP contribution in [0, 0.1) is 5.41 Å². The Morgan fingerprint density at radius 2 is 2.18 bits per heavy atom. The van der Waals surface area contributed by atoms with Crippen LogP contribution in [-0.4, -0.2) is 23.9 Å². The second-order valence-corrected chi connectivity index (χ2v) is 6.82. The number of likely N-dealkylation sites (tertiary alicyclic amines) is 1. The van der Waals surface area contributed by atoms with Gasteiger partial charge in [0.15, 0.2) is 0 Å². The average molecular weight is 316 g/mol. The van der Waals surface area contributed by atoms with Crippen molar-refractivity contribution in [1.82, 2.24) is 4.90 Å². The van der Waals surface area contributed by atoms with Crippen LogP contribution in [0.1, 0.15) is 42.8 Å². The normalized spacial score (nSPS) is 19.4. The van der Waals surface area contributed by atoms with Crippen molar-refractivity contribution in [2.75, 3.05) is 13.1 Å². The molecule has 4 heteroatoms. The molecule has 0 radical (unpaired) electrons. The SMILES string of the molecule is CCC1(C)CCN(C(=O)c2sccc2Br)CC1. The molecule has 2 nitrogen and oxygen atoms in total. The van der Waals surface area contributed by atoms with Crippen molar-refractivity contribution >= 4 is 33.2 Å². The Morgan fingerprint density at radius 1 is 1.53 bits per heavy atom. The fraction of sp³-hybridized carbons (Fsp3) is 0.615. The predicted molar refractivity (Wildman–Crippen MR) is 75.6 cm³/mol. The summed E-state index contributed by atoms with van der Waals surface area (Å²) in [6, 6.07) is 1.94. The molecular formula is C13H18BrNOS. The van der Waals surface area contributed by atoms with Gasteiger partial charge in [0.25, 0.3) is 5.91 Å². The molecule has 0 saturated carbocycles. The van der Waals surface area contributed by atoms with E-state index in [0.717, 1.165) is 35.3 Å². The van der Waals surface area contributed by atoms with E-state index in [9.17, 15) is 4.79 Å². The minimum Gasteiger partial charge on any atom is -0.338 e. The fourth-order valence-electron chi connectivity index (χ4n) is 2.19. The minimum absolute atomic E-state index is 0.185. The van der Waals surface area contributed by atoms with Gasteiger partial charge < -0.3 is 4.90 Å². The third-order valence-electron chi connectivity index (χ3n) is 3.92. The topological polar surface area (TPSA) is 20.3 Å². The van der Waals surface area contributed by atoms with E-state index in [2.05, 4.69) is 29.8 Å². The first-order valence-corrected chi connectivity index (χ1v) is 7.75. The summed E-state index contributed by atoms with van der Waals surface area (Å²) in [7, 11) is 0. The summed E-state index contributed by atoms with van der Waals surface area (Å²) in [6.45, 7) is 6.37. The van der Waals surface area contributed by atoms with Crippen molar-refractivity contribution in [1.29, 1.82) is 0 Å². The molecular weight excluding hydrogens is 298 g/mol. The number of piperidine rings is 1. The Morgan fingerprint density at radius 3 is 2.65 bits per heavy atom. The van der Waals surface area contributed by atoms with Gasteiger partial charge in [0, 0.05) is 17.6 Å². The number of hydrogen-bond acceptors (Lipinski definition) is 2. The summed E-state index contributed by atoms with van der Waals surface area (Å²) in [6.07, 6.45) is 3.45. The summed E-state index contributed by atoms with van der Waals surface area (Å²) in [5, 5.41) is 1.96. The molecule has 1 aromatic rings. The van der Waals surface area contributed by atoms with Gasteiger partial charge >= 0.3 is 0 Å². The summed E-state index contributed by atoms with van der Waals surface area (Å²) in [5.41, 5.74) is 0.434. The molecule has 1 fully saturated rings. The molecule has 0 spiro atoms. The van der Waals surface area contributed by atoms with Crippen LogP contribution in [0.15, 0.2) is 15.9 Å².